The lowest BCUT2D eigenvalue weighted by Crippen LogP contribution is -2.49. The van der Waals surface area contributed by atoms with Crippen LogP contribution in [0.25, 0.3) is 0 Å². The van der Waals surface area contributed by atoms with Gasteiger partial charge in [-0.25, -0.2) is 4.39 Å². The lowest BCUT2D eigenvalue weighted by Gasteiger charge is -2.31. The molecule has 0 aromatic heterocycles. The second-order valence-corrected chi connectivity index (χ2v) is 5.47. The van der Waals surface area contributed by atoms with Crippen LogP contribution in [0, 0.1) is 5.82 Å². The summed E-state index contributed by atoms with van der Waals surface area (Å²) in [4.78, 5) is 11.9. The Bertz CT molecular complexity index is 659. The number of nitrogens with two attached hydrogens (primary N) is 1. The molecule has 21 heavy (non-hydrogen) atoms. The van der Waals surface area contributed by atoms with Crippen molar-refractivity contribution in [1.82, 2.24) is 5.32 Å². The molecule has 0 radical (unpaired) electrons. The Labute approximate surface area is 123 Å². The summed E-state index contributed by atoms with van der Waals surface area (Å²) >= 11 is 0. The van der Waals surface area contributed by atoms with Gasteiger partial charge in [0.1, 0.15) is 5.82 Å². The highest BCUT2D eigenvalue weighted by Crippen LogP contribution is 2.37. The molecule has 2 aromatic rings. The second-order valence-electron chi connectivity index (χ2n) is 5.47. The summed E-state index contributed by atoms with van der Waals surface area (Å²) in [5.41, 5.74) is 7.96. The molecule has 2 aromatic carbocycles. The zero-order chi connectivity index (χ0) is 14.9. The van der Waals surface area contributed by atoms with E-state index < -0.39 is 5.54 Å². The summed E-state index contributed by atoms with van der Waals surface area (Å²) in [6.45, 7) is -0.0760. The molecule has 0 bridgehead atoms. The van der Waals surface area contributed by atoms with E-state index in [1.807, 2.05) is 30.3 Å². The third-order valence-electron chi connectivity index (χ3n) is 4.04. The quantitative estimate of drug-likeness (QED) is 0.904. The normalized spacial score (nSPS) is 15.5. The van der Waals surface area contributed by atoms with Crippen LogP contribution >= 0.6 is 0 Å². The van der Waals surface area contributed by atoms with Crippen molar-refractivity contribution in [3.05, 3.63) is 71.0 Å². The molecule has 1 aliphatic rings. The Morgan fingerprint density at radius 3 is 2.38 bits per heavy atom. The molecule has 108 valence electrons. The van der Waals surface area contributed by atoms with Gasteiger partial charge in [-0.1, -0.05) is 36.4 Å². The number of carbonyl (C=O) groups excluding carboxylic acids is 1. The van der Waals surface area contributed by atoms with Crippen molar-refractivity contribution in [2.45, 2.75) is 18.4 Å². The highest BCUT2D eigenvalue weighted by atomic mass is 19.1. The van der Waals surface area contributed by atoms with E-state index in [0.717, 1.165) is 5.56 Å². The van der Waals surface area contributed by atoms with E-state index in [2.05, 4.69) is 5.32 Å². The van der Waals surface area contributed by atoms with Gasteiger partial charge in [-0.2, -0.15) is 0 Å². The zero-order valence-corrected chi connectivity index (χ0v) is 11.6. The highest BCUT2D eigenvalue weighted by molar-refractivity contribution is 5.79. The molecule has 0 fully saturated rings. The molecule has 4 heteroatoms. The first-order valence-corrected chi connectivity index (χ1v) is 6.97. The van der Waals surface area contributed by atoms with Gasteiger partial charge in [0.15, 0.2) is 0 Å². The minimum atomic E-state index is -0.609. The first-order chi connectivity index (χ1) is 10.1. The molecule has 0 heterocycles. The van der Waals surface area contributed by atoms with Gasteiger partial charge in [-0.3, -0.25) is 4.79 Å². The summed E-state index contributed by atoms with van der Waals surface area (Å²) < 4.78 is 13.6. The average molecular weight is 284 g/mol. The fourth-order valence-corrected chi connectivity index (χ4v) is 3.08. The van der Waals surface area contributed by atoms with Crippen LogP contribution in [0.4, 0.5) is 4.39 Å². The number of fused-ring (bicyclic) bond motifs is 1. The molecule has 0 saturated heterocycles. The van der Waals surface area contributed by atoms with Gasteiger partial charge in [0, 0.05) is 12.8 Å². The SMILES string of the molecule is NCC(=O)NC1(c2cccc(F)c2)Cc2ccccc2C1. The molecule has 3 rings (SSSR count). The second kappa shape index (κ2) is 5.30. The average Bonchev–Trinajstić information content (AvgIpc) is 2.86. The fourth-order valence-electron chi connectivity index (χ4n) is 3.08. The van der Waals surface area contributed by atoms with Crippen LogP contribution in [-0.2, 0) is 23.2 Å². The van der Waals surface area contributed by atoms with Crippen LogP contribution in [0.15, 0.2) is 48.5 Å². The van der Waals surface area contributed by atoms with Crippen LogP contribution in [0.1, 0.15) is 16.7 Å². The van der Waals surface area contributed by atoms with Crippen molar-refractivity contribution in [1.29, 1.82) is 0 Å². The number of hydrogen-bond donors (Lipinski definition) is 2. The van der Waals surface area contributed by atoms with Gasteiger partial charge in [0.05, 0.1) is 12.1 Å². The summed E-state index contributed by atoms with van der Waals surface area (Å²) in [7, 11) is 0. The van der Waals surface area contributed by atoms with E-state index in [1.54, 1.807) is 6.07 Å². The van der Waals surface area contributed by atoms with E-state index in [9.17, 15) is 9.18 Å². The lowest BCUT2D eigenvalue weighted by molar-refractivity contribution is -0.121. The number of nitrogens with one attached hydrogen (secondary N) is 1. The molecule has 1 aliphatic carbocycles. The number of halogens is 1. The molecule has 3 N–H and O–H groups in total. The Kier molecular flexibility index (Phi) is 3.47. The van der Waals surface area contributed by atoms with Gasteiger partial charge in [-0.05, 0) is 28.8 Å². The van der Waals surface area contributed by atoms with E-state index in [1.165, 1.54) is 23.3 Å². The maximum atomic E-state index is 13.6. The van der Waals surface area contributed by atoms with E-state index >= 15 is 0 Å². The van der Waals surface area contributed by atoms with Gasteiger partial charge in [0.25, 0.3) is 0 Å². The van der Waals surface area contributed by atoms with E-state index in [0.29, 0.717) is 12.8 Å². The van der Waals surface area contributed by atoms with Gasteiger partial charge in [-0.15, -0.1) is 0 Å². The molecular weight excluding hydrogens is 267 g/mol. The molecular formula is C17H17FN2O. The number of hydrogen-bond acceptors (Lipinski definition) is 2. The van der Waals surface area contributed by atoms with Crippen LogP contribution in [0.5, 0.6) is 0 Å². The predicted octanol–water partition coefficient (Wildman–Crippen LogP) is 1.89. The number of carbonyl (C=O) groups is 1. The maximum absolute atomic E-state index is 13.6. The summed E-state index contributed by atoms with van der Waals surface area (Å²) in [5.74, 6) is -0.531. The summed E-state index contributed by atoms with van der Waals surface area (Å²) in [5, 5.41) is 3.00. The van der Waals surface area contributed by atoms with Crippen molar-refractivity contribution in [3.63, 3.8) is 0 Å². The summed E-state index contributed by atoms with van der Waals surface area (Å²) in [6.07, 6.45) is 1.30. The van der Waals surface area contributed by atoms with Crippen molar-refractivity contribution in [3.8, 4) is 0 Å². The minimum Gasteiger partial charge on any atom is -0.345 e. The first-order valence-electron chi connectivity index (χ1n) is 6.97. The lowest BCUT2D eigenvalue weighted by atomic mass is 9.86. The van der Waals surface area contributed by atoms with Crippen LogP contribution in [0.2, 0.25) is 0 Å². The Morgan fingerprint density at radius 2 is 1.81 bits per heavy atom. The number of benzene rings is 2. The van der Waals surface area contributed by atoms with E-state index in [4.69, 9.17) is 5.73 Å². The van der Waals surface area contributed by atoms with E-state index in [-0.39, 0.29) is 18.3 Å². The molecule has 1 amide bonds. The number of rotatable bonds is 3. The minimum absolute atomic E-state index is 0.0760. The van der Waals surface area contributed by atoms with Gasteiger partial charge >= 0.3 is 0 Å². The maximum Gasteiger partial charge on any atom is 0.234 e. The summed E-state index contributed by atoms with van der Waals surface area (Å²) in [6, 6.07) is 14.5. The van der Waals surface area contributed by atoms with Crippen molar-refractivity contribution in [2.75, 3.05) is 6.54 Å². The topological polar surface area (TPSA) is 55.1 Å². The molecule has 0 unspecified atom stereocenters. The molecule has 0 atom stereocenters. The largest absolute Gasteiger partial charge is 0.345 e. The predicted molar refractivity (Wildman–Crippen MR) is 79.1 cm³/mol. The first kappa shape index (κ1) is 13.8. The third kappa shape index (κ3) is 2.54. The third-order valence-corrected chi connectivity index (χ3v) is 4.04. The molecule has 0 spiro atoms. The molecule has 3 nitrogen and oxygen atoms in total. The van der Waals surface area contributed by atoms with Crippen molar-refractivity contribution >= 4 is 5.91 Å². The Balaban J connectivity index is 2.04. The van der Waals surface area contributed by atoms with Crippen molar-refractivity contribution < 1.29 is 9.18 Å². The zero-order valence-electron chi connectivity index (χ0n) is 11.6. The van der Waals surface area contributed by atoms with Crippen molar-refractivity contribution in [2.24, 2.45) is 5.73 Å². The van der Waals surface area contributed by atoms with Gasteiger partial charge < -0.3 is 11.1 Å². The van der Waals surface area contributed by atoms with Crippen LogP contribution in [0.3, 0.4) is 0 Å². The van der Waals surface area contributed by atoms with Crippen LogP contribution in [-0.4, -0.2) is 12.5 Å². The highest BCUT2D eigenvalue weighted by Gasteiger charge is 2.39. The smallest absolute Gasteiger partial charge is 0.234 e. The number of amides is 1. The monoisotopic (exact) mass is 284 g/mol. The molecule has 0 saturated carbocycles. The standard InChI is InChI=1S/C17H17FN2O/c18-15-7-3-6-14(8-15)17(20-16(21)11-19)9-12-4-1-2-5-13(12)10-17/h1-8H,9-11,19H2,(H,20,21). The molecule has 0 aliphatic heterocycles. The Morgan fingerprint density at radius 1 is 1.14 bits per heavy atom. The van der Waals surface area contributed by atoms with Crippen LogP contribution < -0.4 is 11.1 Å². The van der Waals surface area contributed by atoms with Gasteiger partial charge in [0.2, 0.25) is 5.91 Å². The fraction of sp³-hybridized carbons (Fsp3) is 0.235. The Hall–Kier alpha value is -2.20.